The molecule has 1 N–H and O–H groups in total. The van der Waals surface area contributed by atoms with Crippen molar-refractivity contribution >= 4 is 11.6 Å². The number of pyridine rings is 1. The van der Waals surface area contributed by atoms with E-state index in [4.69, 9.17) is 0 Å². The van der Waals surface area contributed by atoms with Gasteiger partial charge in [0.25, 0.3) is 0 Å². The molecule has 5 nitrogen and oxygen atoms in total. The molecule has 1 aromatic rings. The summed E-state index contributed by atoms with van der Waals surface area (Å²) in [6, 6.07) is 3.44. The lowest BCUT2D eigenvalue weighted by atomic mass is 9.49. The molecule has 1 aromatic heterocycles. The number of amides is 1. The van der Waals surface area contributed by atoms with Crippen LogP contribution in [0.2, 0.25) is 0 Å². The fourth-order valence-corrected chi connectivity index (χ4v) is 6.47. The largest absolute Gasteiger partial charge is 0.367 e. The molecular formula is C20H27N3O2. The van der Waals surface area contributed by atoms with Crippen molar-refractivity contribution in [2.24, 2.45) is 23.2 Å². The van der Waals surface area contributed by atoms with Crippen LogP contribution in [0, 0.1) is 23.2 Å². The van der Waals surface area contributed by atoms with Gasteiger partial charge in [-0.1, -0.05) is 0 Å². The van der Waals surface area contributed by atoms with Crippen molar-refractivity contribution in [2.75, 3.05) is 31.1 Å². The molecule has 5 fully saturated rings. The lowest BCUT2D eigenvalue weighted by Crippen LogP contribution is -2.58. The van der Waals surface area contributed by atoms with E-state index in [2.05, 4.69) is 14.8 Å². The van der Waals surface area contributed by atoms with Crippen LogP contribution in [0.3, 0.4) is 0 Å². The number of carbonyl (C=O) groups is 1. The van der Waals surface area contributed by atoms with Crippen molar-refractivity contribution < 1.29 is 4.79 Å². The van der Waals surface area contributed by atoms with E-state index in [-0.39, 0.29) is 11.0 Å². The van der Waals surface area contributed by atoms with Crippen LogP contribution >= 0.6 is 0 Å². The molecule has 25 heavy (non-hydrogen) atoms. The Bertz CT molecular complexity index is 677. The van der Waals surface area contributed by atoms with Crippen molar-refractivity contribution in [3.63, 3.8) is 0 Å². The summed E-state index contributed by atoms with van der Waals surface area (Å²) in [7, 11) is 0. The van der Waals surface area contributed by atoms with E-state index in [0.717, 1.165) is 68.9 Å². The van der Waals surface area contributed by atoms with Gasteiger partial charge in [-0.05, 0) is 62.3 Å². The van der Waals surface area contributed by atoms with Crippen LogP contribution in [-0.2, 0) is 4.79 Å². The Labute approximate surface area is 148 Å². The number of aromatic nitrogens is 1. The van der Waals surface area contributed by atoms with E-state index in [1.165, 1.54) is 19.3 Å². The maximum Gasteiger partial charge on any atom is 0.248 e. The molecule has 4 bridgehead atoms. The van der Waals surface area contributed by atoms with E-state index in [0.29, 0.717) is 5.91 Å². The molecule has 6 rings (SSSR count). The van der Waals surface area contributed by atoms with E-state index >= 15 is 0 Å². The van der Waals surface area contributed by atoms with Gasteiger partial charge in [0.15, 0.2) is 0 Å². The molecule has 134 valence electrons. The molecule has 0 unspecified atom stereocenters. The summed E-state index contributed by atoms with van der Waals surface area (Å²) in [5.41, 5.74) is 0.954. The standard InChI is InChI=1S/C20H27N3O2/c24-18-2-1-17(13-21-18)22-3-5-23(6-4-22)19(25)20-10-14-7-15(11-20)9-16(8-14)12-20/h1-2,13-16H,3-12H2,(H,21,24). The van der Waals surface area contributed by atoms with E-state index in [1.54, 1.807) is 12.3 Å². The Balaban J connectivity index is 1.27. The summed E-state index contributed by atoms with van der Waals surface area (Å²) < 4.78 is 0. The first-order chi connectivity index (χ1) is 12.1. The summed E-state index contributed by atoms with van der Waals surface area (Å²) in [6.07, 6.45) is 9.37. The minimum absolute atomic E-state index is 0.0189. The van der Waals surface area contributed by atoms with Crippen LogP contribution in [-0.4, -0.2) is 42.0 Å². The molecule has 4 saturated carbocycles. The molecule has 0 aromatic carbocycles. The van der Waals surface area contributed by atoms with Crippen LogP contribution in [0.4, 0.5) is 5.69 Å². The van der Waals surface area contributed by atoms with Crippen LogP contribution < -0.4 is 10.5 Å². The summed E-state index contributed by atoms with van der Waals surface area (Å²) in [5.74, 6) is 2.90. The zero-order valence-electron chi connectivity index (χ0n) is 14.7. The van der Waals surface area contributed by atoms with Gasteiger partial charge in [-0.25, -0.2) is 0 Å². The zero-order valence-corrected chi connectivity index (χ0v) is 14.7. The normalized spacial score (nSPS) is 36.7. The second-order valence-corrected chi connectivity index (χ2v) is 8.89. The molecular weight excluding hydrogens is 314 g/mol. The summed E-state index contributed by atoms with van der Waals surface area (Å²) in [6.45, 7) is 3.31. The third-order valence-electron chi connectivity index (χ3n) is 7.19. The quantitative estimate of drug-likeness (QED) is 0.897. The minimum Gasteiger partial charge on any atom is -0.367 e. The second-order valence-electron chi connectivity index (χ2n) is 8.89. The van der Waals surface area contributed by atoms with Crippen molar-refractivity contribution in [3.05, 3.63) is 28.7 Å². The molecule has 1 aliphatic heterocycles. The molecule has 5 aliphatic rings. The van der Waals surface area contributed by atoms with Crippen LogP contribution in [0.15, 0.2) is 23.1 Å². The van der Waals surface area contributed by atoms with Crippen molar-refractivity contribution in [3.8, 4) is 0 Å². The Morgan fingerprint density at radius 1 is 0.960 bits per heavy atom. The molecule has 0 spiro atoms. The van der Waals surface area contributed by atoms with Crippen LogP contribution in [0.1, 0.15) is 38.5 Å². The Morgan fingerprint density at radius 2 is 1.56 bits per heavy atom. The van der Waals surface area contributed by atoms with Crippen molar-refractivity contribution in [2.45, 2.75) is 38.5 Å². The maximum atomic E-state index is 13.4. The van der Waals surface area contributed by atoms with Gasteiger partial charge in [-0.15, -0.1) is 0 Å². The predicted molar refractivity (Wildman–Crippen MR) is 96.5 cm³/mol. The third-order valence-corrected chi connectivity index (χ3v) is 7.19. The molecule has 0 radical (unpaired) electrons. The molecule has 4 aliphatic carbocycles. The topological polar surface area (TPSA) is 56.4 Å². The van der Waals surface area contributed by atoms with Crippen molar-refractivity contribution in [1.29, 1.82) is 0 Å². The van der Waals surface area contributed by atoms with Crippen molar-refractivity contribution in [1.82, 2.24) is 9.88 Å². The lowest BCUT2D eigenvalue weighted by Gasteiger charge is -2.57. The van der Waals surface area contributed by atoms with Gasteiger partial charge in [-0.2, -0.15) is 0 Å². The number of rotatable bonds is 2. The number of aromatic amines is 1. The number of hydrogen-bond acceptors (Lipinski definition) is 3. The molecule has 1 saturated heterocycles. The first kappa shape index (κ1) is 15.5. The highest BCUT2D eigenvalue weighted by Crippen LogP contribution is 2.60. The number of hydrogen-bond donors (Lipinski definition) is 1. The first-order valence-electron chi connectivity index (χ1n) is 9.84. The first-order valence-corrected chi connectivity index (χ1v) is 9.84. The number of carbonyl (C=O) groups excluding carboxylic acids is 1. The van der Waals surface area contributed by atoms with E-state index in [9.17, 15) is 9.59 Å². The van der Waals surface area contributed by atoms with E-state index in [1.807, 2.05) is 6.07 Å². The molecule has 1 amide bonds. The van der Waals surface area contributed by atoms with Gasteiger partial charge in [0.2, 0.25) is 11.5 Å². The highest BCUT2D eigenvalue weighted by atomic mass is 16.2. The van der Waals surface area contributed by atoms with Gasteiger partial charge in [0.05, 0.1) is 11.1 Å². The molecule has 5 heteroatoms. The van der Waals surface area contributed by atoms with Gasteiger partial charge >= 0.3 is 0 Å². The van der Waals surface area contributed by atoms with Gasteiger partial charge in [0, 0.05) is 38.4 Å². The Kier molecular flexibility index (Phi) is 3.47. The Hall–Kier alpha value is -1.78. The average Bonchev–Trinajstić information content (AvgIpc) is 2.61. The van der Waals surface area contributed by atoms with Crippen LogP contribution in [0.5, 0.6) is 0 Å². The smallest absolute Gasteiger partial charge is 0.248 e. The number of anilines is 1. The Morgan fingerprint density at radius 3 is 2.08 bits per heavy atom. The summed E-state index contributed by atoms with van der Waals surface area (Å²) >= 11 is 0. The highest BCUT2D eigenvalue weighted by molar-refractivity contribution is 5.83. The highest BCUT2D eigenvalue weighted by Gasteiger charge is 2.55. The van der Waals surface area contributed by atoms with Gasteiger partial charge < -0.3 is 14.8 Å². The average molecular weight is 341 g/mol. The van der Waals surface area contributed by atoms with Crippen LogP contribution in [0.25, 0.3) is 0 Å². The molecule has 2 heterocycles. The number of piperazine rings is 1. The number of nitrogens with zero attached hydrogens (tertiary/aromatic N) is 2. The number of H-pyrrole nitrogens is 1. The maximum absolute atomic E-state index is 13.4. The third kappa shape index (κ3) is 2.59. The SMILES string of the molecule is O=C(N1CCN(c2ccc(=O)[nH]c2)CC1)C12CC3CC(CC(C3)C1)C2. The fourth-order valence-electron chi connectivity index (χ4n) is 6.47. The number of nitrogens with one attached hydrogen (secondary N) is 1. The van der Waals surface area contributed by atoms with Gasteiger partial charge in [-0.3, -0.25) is 9.59 Å². The predicted octanol–water partition coefficient (Wildman–Crippen LogP) is 2.24. The van der Waals surface area contributed by atoms with E-state index < -0.39 is 0 Å². The summed E-state index contributed by atoms with van der Waals surface area (Å²) in [4.78, 5) is 31.8. The van der Waals surface area contributed by atoms with Gasteiger partial charge in [0.1, 0.15) is 0 Å². The second kappa shape index (κ2) is 5.61. The molecule has 0 atom stereocenters. The fraction of sp³-hybridized carbons (Fsp3) is 0.700. The zero-order chi connectivity index (χ0) is 17.0. The minimum atomic E-state index is -0.0700. The summed E-state index contributed by atoms with van der Waals surface area (Å²) in [5, 5.41) is 0. The monoisotopic (exact) mass is 341 g/mol. The lowest BCUT2D eigenvalue weighted by molar-refractivity contribution is -0.158.